The van der Waals surface area contributed by atoms with E-state index in [-0.39, 0.29) is 6.04 Å². The molecule has 0 bridgehead atoms. The number of imidazole rings is 1. The molecule has 2 aromatic rings. The van der Waals surface area contributed by atoms with Crippen molar-refractivity contribution in [1.29, 1.82) is 0 Å². The summed E-state index contributed by atoms with van der Waals surface area (Å²) in [5, 5.41) is 3.52. The molecule has 0 fully saturated rings. The van der Waals surface area contributed by atoms with Crippen LogP contribution in [0.4, 0.5) is 0 Å². The quantitative estimate of drug-likeness (QED) is 0.841. The molecular weight excluding hydrogens is 252 g/mol. The zero-order valence-electron chi connectivity index (χ0n) is 12.3. The van der Waals surface area contributed by atoms with Gasteiger partial charge < -0.3 is 14.6 Å². The molecule has 0 aliphatic heterocycles. The Morgan fingerprint density at radius 2 is 2.20 bits per heavy atom. The van der Waals surface area contributed by atoms with Crippen LogP contribution in [0.2, 0.25) is 0 Å². The minimum absolute atomic E-state index is 0.0304. The molecule has 1 N–H and O–H groups in total. The van der Waals surface area contributed by atoms with Crippen LogP contribution in [0.3, 0.4) is 0 Å². The Labute approximate surface area is 120 Å². The summed E-state index contributed by atoms with van der Waals surface area (Å²) in [6, 6.07) is 2.06. The van der Waals surface area contributed by atoms with Gasteiger partial charge in [-0.1, -0.05) is 6.92 Å². The van der Waals surface area contributed by atoms with Crippen molar-refractivity contribution >= 4 is 0 Å². The van der Waals surface area contributed by atoms with Crippen LogP contribution in [0, 0.1) is 0 Å². The van der Waals surface area contributed by atoms with Crippen LogP contribution < -0.4 is 10.1 Å². The van der Waals surface area contributed by atoms with E-state index >= 15 is 0 Å². The molecule has 0 aliphatic carbocycles. The summed E-state index contributed by atoms with van der Waals surface area (Å²) >= 11 is 0. The monoisotopic (exact) mass is 274 g/mol. The summed E-state index contributed by atoms with van der Waals surface area (Å²) in [6.45, 7) is 5.69. The lowest BCUT2D eigenvalue weighted by atomic mass is 10.1. The van der Waals surface area contributed by atoms with Crippen molar-refractivity contribution in [3.8, 4) is 5.75 Å². The van der Waals surface area contributed by atoms with E-state index < -0.39 is 0 Å². The highest BCUT2D eigenvalue weighted by molar-refractivity contribution is 5.29. The van der Waals surface area contributed by atoms with E-state index in [1.165, 1.54) is 0 Å². The lowest BCUT2D eigenvalue weighted by Gasteiger charge is -2.19. The van der Waals surface area contributed by atoms with Gasteiger partial charge in [0, 0.05) is 25.6 Å². The van der Waals surface area contributed by atoms with Gasteiger partial charge in [0.25, 0.3) is 0 Å². The summed E-state index contributed by atoms with van der Waals surface area (Å²) in [4.78, 5) is 8.72. The van der Waals surface area contributed by atoms with Gasteiger partial charge in [-0.15, -0.1) is 0 Å². The predicted molar refractivity (Wildman–Crippen MR) is 78.8 cm³/mol. The van der Waals surface area contributed by atoms with Crippen molar-refractivity contribution in [2.24, 2.45) is 7.05 Å². The lowest BCUT2D eigenvalue weighted by molar-refractivity contribution is 0.338. The molecule has 108 valence electrons. The van der Waals surface area contributed by atoms with Crippen molar-refractivity contribution in [2.45, 2.75) is 26.3 Å². The third-order valence-electron chi connectivity index (χ3n) is 3.09. The maximum atomic E-state index is 5.53. The van der Waals surface area contributed by atoms with E-state index in [4.69, 9.17) is 4.74 Å². The Hall–Kier alpha value is -1.88. The minimum Gasteiger partial charge on any atom is -0.492 e. The molecule has 0 saturated carbocycles. The van der Waals surface area contributed by atoms with Gasteiger partial charge in [-0.2, -0.15) is 0 Å². The number of pyridine rings is 1. The molecule has 0 radical (unpaired) electrons. The maximum absolute atomic E-state index is 5.53. The van der Waals surface area contributed by atoms with Crippen LogP contribution in [-0.4, -0.2) is 27.7 Å². The van der Waals surface area contributed by atoms with E-state index in [1.807, 2.05) is 43.2 Å². The molecule has 2 heterocycles. The first-order chi connectivity index (χ1) is 9.76. The molecule has 0 saturated heterocycles. The highest BCUT2D eigenvalue weighted by atomic mass is 16.5. The Bertz CT molecular complexity index is 538. The van der Waals surface area contributed by atoms with Gasteiger partial charge in [-0.3, -0.25) is 4.98 Å². The second-order valence-corrected chi connectivity index (χ2v) is 4.67. The van der Waals surface area contributed by atoms with Crippen LogP contribution >= 0.6 is 0 Å². The zero-order valence-corrected chi connectivity index (χ0v) is 12.3. The molecule has 1 atom stereocenters. The van der Waals surface area contributed by atoms with Gasteiger partial charge in [-0.05, 0) is 31.5 Å². The molecule has 20 heavy (non-hydrogen) atoms. The number of rotatable bonds is 7. The molecule has 0 aromatic carbocycles. The van der Waals surface area contributed by atoms with Crippen molar-refractivity contribution in [1.82, 2.24) is 19.9 Å². The lowest BCUT2D eigenvalue weighted by Crippen LogP contribution is -2.26. The summed E-state index contributed by atoms with van der Waals surface area (Å²) in [6.07, 6.45) is 8.44. The van der Waals surface area contributed by atoms with E-state index in [0.29, 0.717) is 6.61 Å². The van der Waals surface area contributed by atoms with Gasteiger partial charge in [0.1, 0.15) is 11.6 Å². The largest absolute Gasteiger partial charge is 0.492 e. The number of nitrogens with zero attached hydrogens (tertiary/aromatic N) is 3. The molecule has 0 aliphatic rings. The highest BCUT2D eigenvalue weighted by Crippen LogP contribution is 2.23. The SMILES string of the molecule is CCCNC(c1cncc(OCC)c1)c1nccn1C. The first kappa shape index (κ1) is 14.5. The molecule has 5 heteroatoms. The number of ether oxygens (including phenoxy) is 1. The normalized spacial score (nSPS) is 12.3. The fraction of sp³-hybridized carbons (Fsp3) is 0.467. The van der Waals surface area contributed by atoms with Crippen LogP contribution in [0.15, 0.2) is 30.9 Å². The molecule has 5 nitrogen and oxygen atoms in total. The first-order valence-electron chi connectivity index (χ1n) is 7.04. The van der Waals surface area contributed by atoms with Crippen molar-refractivity contribution in [2.75, 3.05) is 13.2 Å². The number of nitrogens with one attached hydrogen (secondary N) is 1. The number of hydrogen-bond donors (Lipinski definition) is 1. The molecule has 0 spiro atoms. The van der Waals surface area contributed by atoms with Crippen molar-refractivity contribution in [3.05, 3.63) is 42.2 Å². The van der Waals surface area contributed by atoms with E-state index in [1.54, 1.807) is 6.20 Å². The topological polar surface area (TPSA) is 52.0 Å². The fourth-order valence-corrected chi connectivity index (χ4v) is 2.14. The van der Waals surface area contributed by atoms with Gasteiger partial charge in [0.15, 0.2) is 0 Å². The van der Waals surface area contributed by atoms with Gasteiger partial charge in [0.2, 0.25) is 0 Å². The molecule has 2 rings (SSSR count). The summed E-state index contributed by atoms with van der Waals surface area (Å²) in [5.41, 5.74) is 1.07. The Balaban J connectivity index is 2.31. The average Bonchev–Trinajstić information content (AvgIpc) is 2.87. The second-order valence-electron chi connectivity index (χ2n) is 4.67. The molecule has 2 aromatic heterocycles. The third-order valence-corrected chi connectivity index (χ3v) is 3.09. The standard InChI is InChI=1S/C15H22N4O/c1-4-6-17-14(15-18-7-8-19(15)3)12-9-13(20-5-2)11-16-10-12/h7-11,14,17H,4-6H2,1-3H3. The van der Waals surface area contributed by atoms with Crippen LogP contribution in [-0.2, 0) is 7.05 Å². The van der Waals surface area contributed by atoms with Crippen LogP contribution in [0.25, 0.3) is 0 Å². The van der Waals surface area contributed by atoms with Crippen LogP contribution in [0.5, 0.6) is 5.75 Å². The zero-order chi connectivity index (χ0) is 14.4. The Morgan fingerprint density at radius 1 is 1.35 bits per heavy atom. The average molecular weight is 274 g/mol. The van der Waals surface area contributed by atoms with Gasteiger partial charge in [-0.25, -0.2) is 4.98 Å². The fourth-order valence-electron chi connectivity index (χ4n) is 2.14. The highest BCUT2D eigenvalue weighted by Gasteiger charge is 2.18. The Morgan fingerprint density at radius 3 is 2.85 bits per heavy atom. The molecular formula is C15H22N4O. The van der Waals surface area contributed by atoms with Crippen molar-refractivity contribution < 1.29 is 4.74 Å². The van der Waals surface area contributed by atoms with E-state index in [2.05, 4.69) is 22.2 Å². The number of hydrogen-bond acceptors (Lipinski definition) is 4. The molecule has 1 unspecified atom stereocenters. The summed E-state index contributed by atoms with van der Waals surface area (Å²) < 4.78 is 7.56. The number of aromatic nitrogens is 3. The molecule has 0 amide bonds. The smallest absolute Gasteiger partial charge is 0.137 e. The Kier molecular flexibility index (Phi) is 5.12. The van der Waals surface area contributed by atoms with E-state index in [9.17, 15) is 0 Å². The first-order valence-corrected chi connectivity index (χ1v) is 7.04. The maximum Gasteiger partial charge on any atom is 0.137 e. The van der Waals surface area contributed by atoms with E-state index in [0.717, 1.165) is 30.1 Å². The minimum atomic E-state index is 0.0304. The summed E-state index contributed by atoms with van der Waals surface area (Å²) in [5.74, 6) is 1.77. The third kappa shape index (κ3) is 3.36. The van der Waals surface area contributed by atoms with Crippen LogP contribution in [0.1, 0.15) is 37.7 Å². The van der Waals surface area contributed by atoms with Gasteiger partial charge >= 0.3 is 0 Å². The van der Waals surface area contributed by atoms with Crippen molar-refractivity contribution in [3.63, 3.8) is 0 Å². The summed E-state index contributed by atoms with van der Waals surface area (Å²) in [7, 11) is 2.00. The second kappa shape index (κ2) is 7.05. The van der Waals surface area contributed by atoms with Gasteiger partial charge in [0.05, 0.1) is 18.8 Å². The predicted octanol–water partition coefficient (Wildman–Crippen LogP) is 2.30. The number of aryl methyl sites for hydroxylation is 1.